The van der Waals surface area contributed by atoms with Crippen LogP contribution in [0.15, 0.2) is 154 Å². The molecule has 11 aromatic rings. The van der Waals surface area contributed by atoms with Crippen molar-refractivity contribution in [1.82, 2.24) is 69.6 Å². The molecule has 4 amide bonds. The number of benzene rings is 3. The number of aromatic nitrogens is 12. The van der Waals surface area contributed by atoms with Crippen LogP contribution < -0.4 is 49.1 Å². The topological polar surface area (TPSA) is 470 Å². The van der Waals surface area contributed by atoms with Gasteiger partial charge in [-0.3, -0.25) is 19.2 Å². The molecule has 2 aliphatic rings. The van der Waals surface area contributed by atoms with E-state index in [4.69, 9.17) is 85.0 Å². The van der Waals surface area contributed by atoms with Crippen LogP contribution in [0.5, 0.6) is 0 Å². The molecule has 2 atom stereocenters. The van der Waals surface area contributed by atoms with Gasteiger partial charge in [0, 0.05) is 80.1 Å². The number of para-hydroxylation sites is 3. The van der Waals surface area contributed by atoms with Gasteiger partial charge in [-0.05, 0) is 191 Å². The predicted molar refractivity (Wildman–Crippen MR) is 468 cm³/mol. The molecule has 13 rings (SSSR count). The fourth-order valence-corrected chi connectivity index (χ4v) is 13.0. The molecular weight excluding hydrogens is 1700 g/mol. The summed E-state index contributed by atoms with van der Waals surface area (Å²) in [5.74, 6) is 0.513. The molecule has 0 saturated carbocycles. The summed E-state index contributed by atoms with van der Waals surface area (Å²) in [6.07, 6.45) is 15.7. The van der Waals surface area contributed by atoms with Gasteiger partial charge in [-0.15, -0.1) is 0 Å². The van der Waals surface area contributed by atoms with E-state index in [9.17, 15) is 33.6 Å². The standard InChI is InChI=1S/C23H25N7O2S.C16H14ClN5OS.C9H18N2O2.C8H5ClN4O2S.C8H11N.C5H4ClNO2S.C4H4ClN3.C3H3ClO/c1-4-19(31)30-11-9-16(13-30)26-22-24-10-8-18(27-22)28-23-25-12-17(33-23)21(32)29-20-14(2)6-5-7-15(20)3;1-9-4-3-5-10(2)13(9)22-14(23)11-8-19-16(24-11)21-12-6-7-18-15(17)20-12;1-9(2,3)13-8(12)11-5-4-7(10)6-11;9-7-10-2-1-5(12-7)13-8-11-3-4(16-8)6(14)15;1-6-4-3-5-7(2)8(6)9;1-9-4(8)3-2-7-5(6)10-3;5-4-7-2-1-3(6)8-4;1-2-3(4)5/h4-8,10,12,16H,1,9,11,13H2,2-3H3,(H,29,32)(H2,24,25,26,27,28);3-8H,1-2H3,(H,22,23)(H,18,19,20,21);7H,4-6,10H2,1-3H3;1-3H,(H,14,15)(H,10,11,12,13);3-5H,9H2,1-2H3;2H,1H3;1-2H,(H2,6,7,8);2H,1H2/t16-;;7-;;;;;/m0.0...../s1. The van der Waals surface area contributed by atoms with Crippen molar-refractivity contribution in [3.63, 3.8) is 0 Å². The van der Waals surface area contributed by atoms with E-state index in [1.165, 1.54) is 66.8 Å². The number of aromatic carboxylic acids is 1. The lowest BCUT2D eigenvalue weighted by atomic mass is 10.1. The van der Waals surface area contributed by atoms with Crippen LogP contribution in [0.4, 0.5) is 66.5 Å². The Kier molecular flexibility index (Phi) is 38.5. The highest BCUT2D eigenvalue weighted by Gasteiger charge is 2.29. The molecular formula is C76H84Cl5N23O10S4. The average Bonchev–Trinajstić information content (AvgIpc) is 1.75. The van der Waals surface area contributed by atoms with Crippen LogP contribution in [0.25, 0.3) is 0 Å². The molecule has 0 spiro atoms. The van der Waals surface area contributed by atoms with Crippen LogP contribution in [-0.4, -0.2) is 167 Å². The van der Waals surface area contributed by atoms with Crippen LogP contribution in [0.3, 0.4) is 0 Å². The number of ether oxygens (including phenoxy) is 2. The molecule has 0 radical (unpaired) electrons. The molecule has 2 saturated heterocycles. The Labute approximate surface area is 720 Å². The van der Waals surface area contributed by atoms with Gasteiger partial charge in [-0.25, -0.2) is 69.2 Å². The van der Waals surface area contributed by atoms with Crippen molar-refractivity contribution in [3.05, 3.63) is 227 Å². The van der Waals surface area contributed by atoms with Crippen molar-refractivity contribution in [1.29, 1.82) is 0 Å². The van der Waals surface area contributed by atoms with E-state index in [0.717, 1.165) is 98.6 Å². The zero-order valence-electron chi connectivity index (χ0n) is 65.2. The van der Waals surface area contributed by atoms with Crippen LogP contribution in [0.2, 0.25) is 20.3 Å². The summed E-state index contributed by atoms with van der Waals surface area (Å²) in [7, 11) is 1.32. The number of hydrogen-bond donors (Lipinski definition) is 10. The van der Waals surface area contributed by atoms with Crippen LogP contribution >= 0.6 is 103 Å². The van der Waals surface area contributed by atoms with Crippen molar-refractivity contribution in [2.24, 2.45) is 5.73 Å². The minimum atomic E-state index is -1.01. The van der Waals surface area contributed by atoms with Gasteiger partial charge in [-0.1, -0.05) is 125 Å². The highest BCUT2D eigenvalue weighted by atomic mass is 35.5. The Morgan fingerprint density at radius 2 is 0.966 bits per heavy atom. The number of nitrogen functional groups attached to an aromatic ring is 2. The number of aryl methyl sites for hydroxylation is 6. The quantitative estimate of drug-likeness (QED) is 0.0141. The Balaban J connectivity index is 0.000000224. The van der Waals surface area contributed by atoms with Crippen molar-refractivity contribution in [2.45, 2.75) is 92.8 Å². The maximum absolute atomic E-state index is 12.7. The Hall–Kier alpha value is -11.5. The number of nitrogens with zero attached hydrogens (tertiary/aromatic N) is 14. The van der Waals surface area contributed by atoms with Gasteiger partial charge in [-0.2, -0.15) is 4.98 Å². The summed E-state index contributed by atoms with van der Waals surface area (Å²) in [4.78, 5) is 132. The second-order valence-electron chi connectivity index (χ2n) is 25.5. The zero-order valence-corrected chi connectivity index (χ0v) is 72.3. The van der Waals surface area contributed by atoms with Crippen molar-refractivity contribution < 1.29 is 48.1 Å². The third kappa shape index (κ3) is 33.2. The van der Waals surface area contributed by atoms with Gasteiger partial charge in [0.05, 0.1) is 31.9 Å². The number of esters is 1. The second-order valence-corrected chi connectivity index (χ2v) is 31.6. The first-order chi connectivity index (χ1) is 56.0. The first kappa shape index (κ1) is 95.3. The number of carbonyl (C=O) groups excluding carboxylic acids is 6. The average molecular weight is 1790 g/mol. The molecule has 8 aromatic heterocycles. The highest BCUT2D eigenvalue weighted by molar-refractivity contribution is 7.18. The van der Waals surface area contributed by atoms with E-state index in [1.807, 2.05) is 117 Å². The molecule has 118 heavy (non-hydrogen) atoms. The number of thiazole rings is 4. The molecule has 42 heteroatoms. The molecule has 0 bridgehead atoms. The number of rotatable bonds is 16. The number of carbonyl (C=O) groups is 7. The number of likely N-dealkylation sites (tertiary alicyclic amines) is 2. The summed E-state index contributed by atoms with van der Waals surface area (Å²) in [6, 6.07) is 24.6. The third-order valence-electron chi connectivity index (χ3n) is 15.3. The zero-order chi connectivity index (χ0) is 86.8. The van der Waals surface area contributed by atoms with Gasteiger partial charge < -0.3 is 73.5 Å². The maximum atomic E-state index is 12.7. The molecule has 2 fully saturated rings. The van der Waals surface area contributed by atoms with Gasteiger partial charge in [0.2, 0.25) is 32.9 Å². The van der Waals surface area contributed by atoms with Gasteiger partial charge in [0.25, 0.3) is 11.8 Å². The number of amides is 4. The van der Waals surface area contributed by atoms with Crippen LogP contribution in [-0.2, 0) is 19.1 Å². The number of nitrogens with two attached hydrogens (primary N) is 3. The number of anilines is 11. The minimum Gasteiger partial charge on any atom is -0.477 e. The van der Waals surface area contributed by atoms with E-state index >= 15 is 0 Å². The summed E-state index contributed by atoms with van der Waals surface area (Å²) >= 11 is 31.4. The highest BCUT2D eigenvalue weighted by Crippen LogP contribution is 2.29. The van der Waals surface area contributed by atoms with E-state index < -0.39 is 22.8 Å². The SMILES string of the molecule is C=CC(=O)Cl.C=CC(=O)N1CC[C@H](Nc2nccc(Nc3ncc(C(=O)Nc4c(C)cccc4C)s3)n2)C1.CC(C)(C)OC(=O)N1CC[C@H](N)C1.COC(=O)c1cnc(Cl)s1.Cc1cccc(C)c1N.Cc1cccc(C)c1NC(=O)c1cnc(Nc2ccnc(Cl)n2)s1.Nc1ccnc(Cl)n1.O=C(O)c1cnc(Nc2ccnc(Cl)n2)s1. The van der Waals surface area contributed by atoms with Crippen molar-refractivity contribution in [2.75, 3.05) is 76.7 Å². The molecule has 0 aliphatic carbocycles. The number of methoxy groups -OCH3 is 1. The molecule has 33 nitrogen and oxygen atoms in total. The van der Waals surface area contributed by atoms with E-state index in [2.05, 4.69) is 110 Å². The largest absolute Gasteiger partial charge is 0.477 e. The molecule has 622 valence electrons. The lowest BCUT2D eigenvalue weighted by Crippen LogP contribution is -2.36. The maximum Gasteiger partial charge on any atom is 0.410 e. The van der Waals surface area contributed by atoms with Crippen LogP contribution in [0, 0.1) is 41.5 Å². The predicted octanol–water partition coefficient (Wildman–Crippen LogP) is 16.0. The fourth-order valence-electron chi connectivity index (χ4n) is 9.61. The van der Waals surface area contributed by atoms with Gasteiger partial charge >= 0.3 is 18.0 Å². The molecule has 2 aliphatic heterocycles. The summed E-state index contributed by atoms with van der Waals surface area (Å²) in [6.45, 7) is 26.7. The molecule has 10 heterocycles. The molecule has 13 N–H and O–H groups in total. The monoisotopic (exact) mass is 1780 g/mol. The number of hydrogen-bond acceptors (Lipinski definition) is 32. The summed E-state index contributed by atoms with van der Waals surface area (Å²) in [5.41, 5.74) is 25.1. The lowest BCUT2D eigenvalue weighted by Gasteiger charge is -2.24. The number of halogens is 5. The third-order valence-corrected chi connectivity index (χ3v) is 19.8. The Morgan fingerprint density at radius 1 is 0.542 bits per heavy atom. The fraction of sp³-hybridized carbons (Fsp3) is 0.250. The molecule has 0 unspecified atom stereocenters. The first-order valence-electron chi connectivity index (χ1n) is 35.0. The van der Waals surface area contributed by atoms with E-state index in [-0.39, 0.29) is 56.6 Å². The van der Waals surface area contributed by atoms with Gasteiger partial charge in [0.15, 0.2) is 19.9 Å². The number of nitrogens with one attached hydrogen (secondary N) is 6. The number of allylic oxidation sites excluding steroid dienone is 1. The van der Waals surface area contributed by atoms with Crippen molar-refractivity contribution in [3.8, 4) is 0 Å². The summed E-state index contributed by atoms with van der Waals surface area (Å²) < 4.78 is 9.97. The van der Waals surface area contributed by atoms with Crippen LogP contribution in [0.1, 0.15) is 106 Å². The number of carboxylic acid groups (broad SMARTS) is 1. The lowest BCUT2D eigenvalue weighted by molar-refractivity contribution is -0.125. The second kappa shape index (κ2) is 47.6. The smallest absolute Gasteiger partial charge is 0.410 e. The van der Waals surface area contributed by atoms with E-state index in [0.29, 0.717) is 83.3 Å². The Bertz CT molecular complexity index is 5170. The first-order valence-corrected chi connectivity index (χ1v) is 40.1. The molecule has 3 aromatic carbocycles. The summed E-state index contributed by atoms with van der Waals surface area (Å²) in [5, 5.41) is 28.3. The van der Waals surface area contributed by atoms with Crippen molar-refractivity contribution >= 4 is 206 Å². The normalized spacial score (nSPS) is 12.7. The number of carboxylic acids is 1. The minimum absolute atomic E-state index is 0.0724. The van der Waals surface area contributed by atoms with Gasteiger partial charge in [0.1, 0.15) is 48.4 Å². The Morgan fingerprint density at radius 3 is 1.34 bits per heavy atom. The van der Waals surface area contributed by atoms with E-state index in [1.54, 1.807) is 52.7 Å².